The molecule has 1 fully saturated rings. The average molecular weight is 376 g/mol. The molecule has 2 unspecified atom stereocenters. The van der Waals surface area contributed by atoms with Crippen LogP contribution in [0.25, 0.3) is 11.2 Å². The Morgan fingerprint density at radius 3 is 2.92 bits per heavy atom. The van der Waals surface area contributed by atoms with Crippen molar-refractivity contribution < 1.29 is 4.79 Å². The van der Waals surface area contributed by atoms with Gasteiger partial charge < -0.3 is 20.5 Å². The van der Waals surface area contributed by atoms with Crippen LogP contribution in [0.1, 0.15) is 13.3 Å². The van der Waals surface area contributed by atoms with Gasteiger partial charge in [-0.15, -0.1) is 24.8 Å². The van der Waals surface area contributed by atoms with E-state index in [0.717, 1.165) is 25.0 Å². The molecule has 1 amide bonds. The van der Waals surface area contributed by atoms with Gasteiger partial charge in [0.1, 0.15) is 11.8 Å². The Balaban J connectivity index is 0.00000144. The lowest BCUT2D eigenvalue weighted by molar-refractivity contribution is -0.120. The van der Waals surface area contributed by atoms with Crippen molar-refractivity contribution in [1.82, 2.24) is 30.6 Å². The number of amides is 1. The van der Waals surface area contributed by atoms with E-state index < -0.39 is 0 Å². The quantitative estimate of drug-likeness (QED) is 0.728. The summed E-state index contributed by atoms with van der Waals surface area (Å²) in [7, 11) is 1.84. The fourth-order valence-corrected chi connectivity index (χ4v) is 2.81. The second-order valence-electron chi connectivity index (χ2n) is 5.80. The van der Waals surface area contributed by atoms with Crippen LogP contribution in [0.2, 0.25) is 0 Å². The number of rotatable bonds is 4. The first-order chi connectivity index (χ1) is 10.6. The van der Waals surface area contributed by atoms with Gasteiger partial charge in [0.05, 0.1) is 12.9 Å². The van der Waals surface area contributed by atoms with Crippen molar-refractivity contribution in [3.8, 4) is 0 Å². The first-order valence-electron chi connectivity index (χ1n) is 7.50. The molecule has 1 aliphatic rings. The summed E-state index contributed by atoms with van der Waals surface area (Å²) >= 11 is 0. The van der Waals surface area contributed by atoms with E-state index >= 15 is 0 Å². The Hall–Kier alpha value is -1.64. The van der Waals surface area contributed by atoms with E-state index in [2.05, 4.69) is 37.5 Å². The van der Waals surface area contributed by atoms with E-state index in [-0.39, 0.29) is 43.3 Å². The highest BCUT2D eigenvalue weighted by Crippen LogP contribution is 2.18. The molecule has 0 aliphatic carbocycles. The molecule has 2 aromatic heterocycles. The Bertz CT molecular complexity index is 665. The zero-order chi connectivity index (χ0) is 15.5. The van der Waals surface area contributed by atoms with Gasteiger partial charge in [-0.2, -0.15) is 0 Å². The molecule has 8 nitrogen and oxygen atoms in total. The fraction of sp³-hybridized carbons (Fsp3) is 0.571. The van der Waals surface area contributed by atoms with E-state index in [0.29, 0.717) is 17.4 Å². The number of fused-ring (bicyclic) bond motifs is 1. The largest absolute Gasteiger partial charge is 0.351 e. The van der Waals surface area contributed by atoms with Gasteiger partial charge in [-0.3, -0.25) is 4.79 Å². The lowest BCUT2D eigenvalue weighted by Crippen LogP contribution is -2.50. The molecule has 1 aliphatic heterocycles. The molecule has 3 heterocycles. The molecule has 134 valence electrons. The Labute approximate surface area is 153 Å². The number of anilines is 1. The maximum absolute atomic E-state index is 12.3. The van der Waals surface area contributed by atoms with Crippen LogP contribution in [0.4, 0.5) is 5.82 Å². The summed E-state index contributed by atoms with van der Waals surface area (Å²) < 4.78 is 0. The fourth-order valence-electron chi connectivity index (χ4n) is 2.81. The molecule has 0 bridgehead atoms. The first kappa shape index (κ1) is 20.4. The molecule has 0 saturated carbocycles. The number of aromatic nitrogens is 4. The molecule has 2 aromatic rings. The summed E-state index contributed by atoms with van der Waals surface area (Å²) in [6.45, 7) is 4.30. The summed E-state index contributed by atoms with van der Waals surface area (Å²) in [5, 5.41) is 6.45. The van der Waals surface area contributed by atoms with Crippen LogP contribution in [0.3, 0.4) is 0 Å². The van der Waals surface area contributed by atoms with Gasteiger partial charge in [-0.05, 0) is 25.4 Å². The monoisotopic (exact) mass is 375 g/mol. The number of imidazole rings is 1. The lowest BCUT2D eigenvalue weighted by atomic mass is 9.95. The standard InChI is InChI=1S/C14H21N7O.2ClH/c1-9-5-15-4-3-10(9)20-11(22)6-21(2)14-12-13(17-7-16-12)18-8-19-14;;/h7-10,15H,3-6H2,1-2H3,(H,20,22)(H,16,17,18,19);2*1H. The molecule has 3 rings (SSSR count). The maximum Gasteiger partial charge on any atom is 0.239 e. The molecule has 0 aromatic carbocycles. The van der Waals surface area contributed by atoms with E-state index in [1.54, 1.807) is 6.33 Å². The molecule has 0 radical (unpaired) electrons. The van der Waals surface area contributed by atoms with Crippen LogP contribution in [0.5, 0.6) is 0 Å². The topological polar surface area (TPSA) is 98.8 Å². The maximum atomic E-state index is 12.3. The highest BCUT2D eigenvalue weighted by atomic mass is 35.5. The van der Waals surface area contributed by atoms with Crippen LogP contribution in [0.15, 0.2) is 12.7 Å². The molecular formula is C14H23Cl2N7O. The van der Waals surface area contributed by atoms with Gasteiger partial charge in [0.15, 0.2) is 11.5 Å². The van der Waals surface area contributed by atoms with Gasteiger partial charge in [-0.1, -0.05) is 6.92 Å². The minimum atomic E-state index is 0. The van der Waals surface area contributed by atoms with Crippen molar-refractivity contribution in [2.45, 2.75) is 19.4 Å². The van der Waals surface area contributed by atoms with Crippen LogP contribution in [0, 0.1) is 5.92 Å². The van der Waals surface area contributed by atoms with Gasteiger partial charge in [-0.25, -0.2) is 15.0 Å². The molecule has 0 spiro atoms. The van der Waals surface area contributed by atoms with Crippen molar-refractivity contribution in [3.63, 3.8) is 0 Å². The second-order valence-corrected chi connectivity index (χ2v) is 5.80. The highest BCUT2D eigenvalue weighted by molar-refractivity contribution is 5.87. The van der Waals surface area contributed by atoms with Crippen LogP contribution >= 0.6 is 24.8 Å². The number of hydrogen-bond acceptors (Lipinski definition) is 6. The van der Waals surface area contributed by atoms with Gasteiger partial charge >= 0.3 is 0 Å². The predicted octanol–water partition coefficient (Wildman–Crippen LogP) is 0.747. The third-order valence-corrected chi connectivity index (χ3v) is 4.08. The zero-order valence-electron chi connectivity index (χ0n) is 13.7. The van der Waals surface area contributed by atoms with Gasteiger partial charge in [0.2, 0.25) is 5.91 Å². The molecule has 10 heteroatoms. The number of hydrogen-bond donors (Lipinski definition) is 3. The number of piperidine rings is 1. The van der Waals surface area contributed by atoms with E-state index in [1.165, 1.54) is 6.33 Å². The van der Waals surface area contributed by atoms with Gasteiger partial charge in [0, 0.05) is 13.1 Å². The van der Waals surface area contributed by atoms with E-state index in [9.17, 15) is 4.79 Å². The molecule has 24 heavy (non-hydrogen) atoms. The Morgan fingerprint density at radius 2 is 2.17 bits per heavy atom. The summed E-state index contributed by atoms with van der Waals surface area (Å²) in [5.74, 6) is 1.13. The molecule has 1 saturated heterocycles. The van der Waals surface area contributed by atoms with Crippen molar-refractivity contribution in [1.29, 1.82) is 0 Å². The third kappa shape index (κ3) is 4.46. The molecule has 3 N–H and O–H groups in total. The number of carbonyl (C=O) groups is 1. The predicted molar refractivity (Wildman–Crippen MR) is 98.0 cm³/mol. The number of nitrogens with zero attached hydrogens (tertiary/aromatic N) is 4. The summed E-state index contributed by atoms with van der Waals surface area (Å²) in [6.07, 6.45) is 4.00. The number of likely N-dealkylation sites (N-methyl/N-ethyl adjacent to an activating group) is 1. The second kappa shape index (κ2) is 9.00. The van der Waals surface area contributed by atoms with E-state index in [4.69, 9.17) is 0 Å². The summed E-state index contributed by atoms with van der Waals surface area (Å²) in [5.41, 5.74) is 1.34. The third-order valence-electron chi connectivity index (χ3n) is 4.08. The lowest BCUT2D eigenvalue weighted by Gasteiger charge is -2.30. The van der Waals surface area contributed by atoms with Crippen LogP contribution in [-0.4, -0.2) is 58.6 Å². The van der Waals surface area contributed by atoms with E-state index in [1.807, 2.05) is 11.9 Å². The number of H-pyrrole nitrogens is 1. The highest BCUT2D eigenvalue weighted by Gasteiger charge is 2.23. The van der Waals surface area contributed by atoms with Crippen molar-refractivity contribution in [2.24, 2.45) is 5.92 Å². The van der Waals surface area contributed by atoms with Crippen molar-refractivity contribution >= 4 is 47.7 Å². The van der Waals surface area contributed by atoms with Crippen molar-refractivity contribution in [2.75, 3.05) is 31.6 Å². The Kier molecular flexibility index (Phi) is 7.65. The SMILES string of the molecule is CC1CNCCC1NC(=O)CN(C)c1ncnc2nc[nH]c12.Cl.Cl. The minimum Gasteiger partial charge on any atom is -0.351 e. The van der Waals surface area contributed by atoms with Crippen molar-refractivity contribution in [3.05, 3.63) is 12.7 Å². The normalized spacial score (nSPS) is 19.9. The Morgan fingerprint density at radius 1 is 1.38 bits per heavy atom. The number of aromatic amines is 1. The number of nitrogens with one attached hydrogen (secondary N) is 3. The number of halogens is 2. The average Bonchev–Trinajstić information content (AvgIpc) is 2.97. The van der Waals surface area contributed by atoms with Crippen LogP contribution < -0.4 is 15.5 Å². The first-order valence-corrected chi connectivity index (χ1v) is 7.50. The zero-order valence-corrected chi connectivity index (χ0v) is 15.3. The molecule has 2 atom stereocenters. The smallest absolute Gasteiger partial charge is 0.239 e. The molecular weight excluding hydrogens is 353 g/mol. The van der Waals surface area contributed by atoms with Crippen LogP contribution in [-0.2, 0) is 4.79 Å². The minimum absolute atomic E-state index is 0. The van der Waals surface area contributed by atoms with Gasteiger partial charge in [0.25, 0.3) is 0 Å². The summed E-state index contributed by atoms with van der Waals surface area (Å²) in [4.78, 5) is 29.5. The summed E-state index contributed by atoms with van der Waals surface area (Å²) in [6, 6.07) is 0.236. The number of carbonyl (C=O) groups excluding carboxylic acids is 1.